The van der Waals surface area contributed by atoms with Crippen molar-refractivity contribution < 1.29 is 14.7 Å². The van der Waals surface area contributed by atoms with E-state index in [0.717, 1.165) is 5.56 Å². The van der Waals surface area contributed by atoms with E-state index in [1.54, 1.807) is 17.0 Å². The third kappa shape index (κ3) is 3.17. The van der Waals surface area contributed by atoms with E-state index in [0.29, 0.717) is 31.6 Å². The molecule has 0 radical (unpaired) electrons. The molecule has 1 amide bonds. The first-order valence-electron chi connectivity index (χ1n) is 7.20. The van der Waals surface area contributed by atoms with Gasteiger partial charge in [0.1, 0.15) is 0 Å². The van der Waals surface area contributed by atoms with Crippen LogP contribution in [0.2, 0.25) is 0 Å². The van der Waals surface area contributed by atoms with Crippen LogP contribution in [-0.2, 0) is 15.0 Å². The Kier molecular flexibility index (Phi) is 4.21. The maximum atomic E-state index is 12.7. The summed E-state index contributed by atoms with van der Waals surface area (Å²) in [6.07, 6.45) is 1.05. The van der Waals surface area contributed by atoms with Gasteiger partial charge in [-0.15, -0.1) is 0 Å². The lowest BCUT2D eigenvalue weighted by Gasteiger charge is -2.36. The second kappa shape index (κ2) is 5.76. The first-order chi connectivity index (χ1) is 9.82. The molecule has 0 aliphatic carbocycles. The van der Waals surface area contributed by atoms with E-state index < -0.39 is 11.4 Å². The summed E-state index contributed by atoms with van der Waals surface area (Å²) < 4.78 is 0. The summed E-state index contributed by atoms with van der Waals surface area (Å²) >= 11 is 0. The zero-order valence-corrected chi connectivity index (χ0v) is 12.5. The Hall–Kier alpha value is -2.04. The molecule has 0 unspecified atom stereocenters. The number of nitrogens with two attached hydrogens (primary N) is 1. The molecule has 5 nitrogen and oxygen atoms in total. The SMILES string of the molecule is CC(C)(C(=O)N1CCC(C(=O)O)CC1)c1ccc(N)cc1. The number of piperidine rings is 1. The summed E-state index contributed by atoms with van der Waals surface area (Å²) in [4.78, 5) is 25.5. The lowest BCUT2D eigenvalue weighted by molar-refractivity contribution is -0.147. The molecule has 21 heavy (non-hydrogen) atoms. The highest BCUT2D eigenvalue weighted by Crippen LogP contribution is 2.28. The number of carbonyl (C=O) groups is 2. The van der Waals surface area contributed by atoms with Crippen LogP contribution in [0.15, 0.2) is 24.3 Å². The number of hydrogen-bond donors (Lipinski definition) is 2. The van der Waals surface area contributed by atoms with Crippen LogP contribution >= 0.6 is 0 Å². The van der Waals surface area contributed by atoms with Crippen molar-refractivity contribution in [1.82, 2.24) is 4.90 Å². The summed E-state index contributed by atoms with van der Waals surface area (Å²) in [5.41, 5.74) is 6.64. The zero-order valence-electron chi connectivity index (χ0n) is 12.5. The number of anilines is 1. The van der Waals surface area contributed by atoms with E-state index in [1.165, 1.54) is 0 Å². The Labute approximate surface area is 124 Å². The van der Waals surface area contributed by atoms with Gasteiger partial charge in [-0.05, 0) is 44.4 Å². The topological polar surface area (TPSA) is 83.6 Å². The van der Waals surface area contributed by atoms with Gasteiger partial charge in [0.2, 0.25) is 5.91 Å². The van der Waals surface area contributed by atoms with Gasteiger partial charge in [0.05, 0.1) is 11.3 Å². The van der Waals surface area contributed by atoms with E-state index >= 15 is 0 Å². The number of nitrogens with zero attached hydrogens (tertiary/aromatic N) is 1. The number of carboxylic acids is 1. The normalized spacial score (nSPS) is 16.8. The summed E-state index contributed by atoms with van der Waals surface area (Å²) in [5.74, 6) is -1.05. The van der Waals surface area contributed by atoms with Gasteiger partial charge in [0, 0.05) is 18.8 Å². The monoisotopic (exact) mass is 290 g/mol. The fourth-order valence-corrected chi connectivity index (χ4v) is 2.75. The number of aliphatic carboxylic acids is 1. The minimum atomic E-state index is -0.764. The summed E-state index contributed by atoms with van der Waals surface area (Å²) in [5, 5.41) is 9.01. The Morgan fingerprint density at radius 3 is 2.19 bits per heavy atom. The van der Waals surface area contributed by atoms with Gasteiger partial charge in [-0.3, -0.25) is 9.59 Å². The number of rotatable bonds is 3. The molecular weight excluding hydrogens is 268 g/mol. The molecule has 3 N–H and O–H groups in total. The number of benzene rings is 1. The van der Waals surface area contributed by atoms with Gasteiger partial charge in [0.25, 0.3) is 0 Å². The second-order valence-electron chi connectivity index (χ2n) is 6.15. The van der Waals surface area contributed by atoms with Crippen LogP contribution in [0.5, 0.6) is 0 Å². The quantitative estimate of drug-likeness (QED) is 0.832. The van der Waals surface area contributed by atoms with Crippen molar-refractivity contribution in [3.05, 3.63) is 29.8 Å². The molecule has 0 atom stereocenters. The highest BCUT2D eigenvalue weighted by molar-refractivity contribution is 5.87. The lowest BCUT2D eigenvalue weighted by Crippen LogP contribution is -2.47. The Morgan fingerprint density at radius 2 is 1.71 bits per heavy atom. The van der Waals surface area contributed by atoms with Crippen molar-refractivity contribution in [1.29, 1.82) is 0 Å². The number of carbonyl (C=O) groups excluding carboxylic acids is 1. The summed E-state index contributed by atoms with van der Waals surface area (Å²) in [6.45, 7) is 4.80. The minimum Gasteiger partial charge on any atom is -0.481 e. The molecule has 1 aliphatic rings. The van der Waals surface area contributed by atoms with Gasteiger partial charge in [-0.1, -0.05) is 12.1 Å². The number of carboxylic acid groups (broad SMARTS) is 1. The van der Waals surface area contributed by atoms with Crippen LogP contribution in [-0.4, -0.2) is 35.0 Å². The third-order valence-corrected chi connectivity index (χ3v) is 4.30. The van der Waals surface area contributed by atoms with Crippen molar-refractivity contribution in [2.75, 3.05) is 18.8 Å². The highest BCUT2D eigenvalue weighted by atomic mass is 16.4. The fourth-order valence-electron chi connectivity index (χ4n) is 2.75. The molecule has 0 saturated carbocycles. The van der Waals surface area contributed by atoms with Crippen LogP contribution in [0.4, 0.5) is 5.69 Å². The van der Waals surface area contributed by atoms with Gasteiger partial charge >= 0.3 is 5.97 Å². The van der Waals surface area contributed by atoms with Gasteiger partial charge < -0.3 is 15.7 Å². The standard InChI is InChI=1S/C16H22N2O3/c1-16(2,12-3-5-13(17)6-4-12)15(21)18-9-7-11(8-10-18)14(19)20/h3-6,11H,7-10,17H2,1-2H3,(H,19,20). The van der Waals surface area contributed by atoms with E-state index in [1.807, 2.05) is 26.0 Å². The molecule has 2 rings (SSSR count). The number of nitrogen functional groups attached to an aromatic ring is 1. The Balaban J connectivity index is 2.09. The maximum absolute atomic E-state index is 12.7. The molecule has 1 aromatic rings. The lowest BCUT2D eigenvalue weighted by atomic mass is 9.82. The van der Waals surface area contributed by atoms with Crippen LogP contribution in [0.3, 0.4) is 0 Å². The first-order valence-corrected chi connectivity index (χ1v) is 7.20. The zero-order chi connectivity index (χ0) is 15.6. The number of likely N-dealkylation sites (tertiary alicyclic amines) is 1. The Morgan fingerprint density at radius 1 is 1.19 bits per heavy atom. The number of hydrogen-bond acceptors (Lipinski definition) is 3. The molecule has 114 valence electrons. The third-order valence-electron chi connectivity index (χ3n) is 4.30. The van der Waals surface area contributed by atoms with E-state index in [2.05, 4.69) is 0 Å². The van der Waals surface area contributed by atoms with Gasteiger partial charge in [-0.2, -0.15) is 0 Å². The maximum Gasteiger partial charge on any atom is 0.306 e. The molecule has 5 heteroatoms. The summed E-state index contributed by atoms with van der Waals surface area (Å²) in [6, 6.07) is 7.33. The summed E-state index contributed by atoms with van der Waals surface area (Å²) in [7, 11) is 0. The van der Waals surface area contributed by atoms with Crippen molar-refractivity contribution in [2.24, 2.45) is 5.92 Å². The minimum absolute atomic E-state index is 0.0381. The Bertz CT molecular complexity index is 529. The van der Waals surface area contributed by atoms with Crippen molar-refractivity contribution in [3.63, 3.8) is 0 Å². The smallest absolute Gasteiger partial charge is 0.306 e. The van der Waals surface area contributed by atoms with Crippen molar-refractivity contribution >= 4 is 17.6 Å². The molecule has 1 fully saturated rings. The molecule has 0 spiro atoms. The van der Waals surface area contributed by atoms with Gasteiger partial charge in [0.15, 0.2) is 0 Å². The average Bonchev–Trinajstić information content (AvgIpc) is 2.47. The first kappa shape index (κ1) is 15.4. The van der Waals surface area contributed by atoms with Crippen LogP contribution < -0.4 is 5.73 Å². The largest absolute Gasteiger partial charge is 0.481 e. The van der Waals surface area contributed by atoms with Crippen molar-refractivity contribution in [2.45, 2.75) is 32.1 Å². The fraction of sp³-hybridized carbons (Fsp3) is 0.500. The molecule has 0 aromatic heterocycles. The molecule has 1 aliphatic heterocycles. The van der Waals surface area contributed by atoms with Crippen molar-refractivity contribution in [3.8, 4) is 0 Å². The highest BCUT2D eigenvalue weighted by Gasteiger charge is 2.36. The van der Waals surface area contributed by atoms with E-state index in [4.69, 9.17) is 10.8 Å². The molecule has 0 bridgehead atoms. The molecular formula is C16H22N2O3. The van der Waals surface area contributed by atoms with E-state index in [-0.39, 0.29) is 11.8 Å². The second-order valence-corrected chi connectivity index (χ2v) is 6.15. The van der Waals surface area contributed by atoms with Crippen LogP contribution in [0.1, 0.15) is 32.3 Å². The van der Waals surface area contributed by atoms with E-state index in [9.17, 15) is 9.59 Å². The van der Waals surface area contributed by atoms with Gasteiger partial charge in [-0.25, -0.2) is 0 Å². The molecule has 1 aromatic carbocycles. The molecule has 1 saturated heterocycles. The molecule has 1 heterocycles. The van der Waals surface area contributed by atoms with Crippen LogP contribution in [0, 0.1) is 5.92 Å². The average molecular weight is 290 g/mol. The predicted octanol–water partition coefficient (Wildman–Crippen LogP) is 1.87. The predicted molar refractivity (Wildman–Crippen MR) is 80.8 cm³/mol. The number of amides is 1. The van der Waals surface area contributed by atoms with Crippen LogP contribution in [0.25, 0.3) is 0 Å².